The summed E-state index contributed by atoms with van der Waals surface area (Å²) in [5, 5.41) is 0. The number of hydrogen-bond acceptors (Lipinski definition) is 4. The van der Waals surface area contributed by atoms with Gasteiger partial charge in [0.1, 0.15) is 0 Å². The van der Waals surface area contributed by atoms with Crippen LogP contribution in [0.5, 0.6) is 0 Å². The molecule has 1 aromatic carbocycles. The van der Waals surface area contributed by atoms with E-state index < -0.39 is 9.84 Å². The van der Waals surface area contributed by atoms with E-state index in [1.165, 1.54) is 17.8 Å². The number of benzene rings is 1. The van der Waals surface area contributed by atoms with Crippen LogP contribution in [-0.2, 0) is 9.84 Å². The van der Waals surface area contributed by atoms with Crippen LogP contribution in [0.3, 0.4) is 0 Å². The molecule has 0 saturated heterocycles. The highest BCUT2D eigenvalue weighted by atomic mass is 32.2. The maximum Gasteiger partial charge on any atom is 0.210 e. The lowest BCUT2D eigenvalue weighted by atomic mass is 10.1. The predicted octanol–water partition coefficient (Wildman–Crippen LogP) is 4.29. The van der Waals surface area contributed by atoms with Crippen molar-refractivity contribution < 1.29 is 8.42 Å². The highest BCUT2D eigenvalue weighted by molar-refractivity contribution is 7.93. The second-order valence-corrected chi connectivity index (χ2v) is 8.57. The Morgan fingerprint density at radius 3 is 2.70 bits per heavy atom. The minimum absolute atomic E-state index is 0.193. The number of thiazole rings is 1. The van der Waals surface area contributed by atoms with Gasteiger partial charge in [0.15, 0.2) is 0 Å². The van der Waals surface area contributed by atoms with E-state index in [0.717, 1.165) is 29.5 Å². The molecule has 1 unspecified atom stereocenters. The summed E-state index contributed by atoms with van der Waals surface area (Å²) < 4.78 is 26.0. The van der Waals surface area contributed by atoms with Gasteiger partial charge in [0.25, 0.3) is 0 Å². The molecule has 20 heavy (non-hydrogen) atoms. The van der Waals surface area contributed by atoms with E-state index in [9.17, 15) is 8.42 Å². The average Bonchev–Trinajstić information content (AvgIpc) is 2.83. The first-order chi connectivity index (χ1) is 9.53. The minimum atomic E-state index is -3.25. The van der Waals surface area contributed by atoms with Crippen molar-refractivity contribution in [3.63, 3.8) is 0 Å². The molecule has 0 radical (unpaired) electrons. The molecule has 2 aromatic rings. The van der Waals surface area contributed by atoms with E-state index in [1.807, 2.05) is 31.2 Å². The second kappa shape index (κ2) is 6.68. The van der Waals surface area contributed by atoms with Crippen molar-refractivity contribution in [3.8, 4) is 0 Å². The van der Waals surface area contributed by atoms with Crippen LogP contribution in [0.15, 0.2) is 28.6 Å². The number of fused-ring (bicyclic) bond motifs is 1. The maximum absolute atomic E-state index is 12.4. The van der Waals surface area contributed by atoms with Gasteiger partial charge in [-0.05, 0) is 24.5 Å². The summed E-state index contributed by atoms with van der Waals surface area (Å²) in [4.78, 5) is 4.26. The zero-order valence-corrected chi connectivity index (χ0v) is 13.6. The van der Waals surface area contributed by atoms with Crippen LogP contribution in [0.4, 0.5) is 0 Å². The first-order valence-corrected chi connectivity index (χ1v) is 9.58. The predicted molar refractivity (Wildman–Crippen MR) is 85.0 cm³/mol. The molecular formula is C15H21NO2S2. The molecule has 2 rings (SSSR count). The molecule has 0 fully saturated rings. The van der Waals surface area contributed by atoms with Gasteiger partial charge in [-0.2, -0.15) is 0 Å². The Morgan fingerprint density at radius 1 is 1.25 bits per heavy atom. The quantitative estimate of drug-likeness (QED) is 0.717. The van der Waals surface area contributed by atoms with Gasteiger partial charge in [-0.15, -0.1) is 11.3 Å². The lowest BCUT2D eigenvalue weighted by molar-refractivity contribution is 0.520. The molecule has 0 spiro atoms. The summed E-state index contributed by atoms with van der Waals surface area (Å²) in [6.07, 6.45) is 4.41. The van der Waals surface area contributed by atoms with Crippen LogP contribution < -0.4 is 0 Å². The monoisotopic (exact) mass is 311 g/mol. The zero-order chi connectivity index (χ0) is 14.6. The molecule has 1 atom stereocenters. The summed E-state index contributed by atoms with van der Waals surface area (Å²) in [6, 6.07) is 7.56. The second-order valence-electron chi connectivity index (χ2n) is 5.33. The normalized spacial score (nSPS) is 13.7. The van der Waals surface area contributed by atoms with Crippen molar-refractivity contribution in [1.29, 1.82) is 0 Å². The topological polar surface area (TPSA) is 47.0 Å². The average molecular weight is 311 g/mol. The minimum Gasteiger partial charge on any atom is -0.225 e. The summed E-state index contributed by atoms with van der Waals surface area (Å²) in [5.41, 5.74) is 0.773. The highest BCUT2D eigenvalue weighted by Gasteiger charge is 2.22. The van der Waals surface area contributed by atoms with Crippen molar-refractivity contribution in [2.45, 2.75) is 43.9 Å². The van der Waals surface area contributed by atoms with Crippen molar-refractivity contribution in [2.24, 2.45) is 5.92 Å². The van der Waals surface area contributed by atoms with Crippen molar-refractivity contribution in [2.75, 3.05) is 5.75 Å². The molecule has 0 aliphatic heterocycles. The molecule has 0 saturated carbocycles. The smallest absolute Gasteiger partial charge is 0.210 e. The number of unbranched alkanes of at least 4 members (excludes halogenated alkanes) is 2. The molecule has 0 N–H and O–H groups in total. The van der Waals surface area contributed by atoms with Gasteiger partial charge < -0.3 is 0 Å². The SMILES string of the molecule is CCCCCC(C)CS(=O)(=O)c1nc2ccccc2s1. The van der Waals surface area contributed by atoms with Crippen LogP contribution in [0.1, 0.15) is 39.5 Å². The molecule has 0 aliphatic rings. The molecule has 1 aromatic heterocycles. The Kier molecular flexibility index (Phi) is 5.16. The van der Waals surface area contributed by atoms with Gasteiger partial charge in [-0.1, -0.05) is 45.2 Å². The number of nitrogens with zero attached hydrogens (tertiary/aromatic N) is 1. The number of hydrogen-bond donors (Lipinski definition) is 0. The summed E-state index contributed by atoms with van der Waals surface area (Å²) in [6.45, 7) is 4.17. The van der Waals surface area contributed by atoms with E-state index in [4.69, 9.17) is 0 Å². The third-order valence-electron chi connectivity index (χ3n) is 3.34. The van der Waals surface area contributed by atoms with Crippen LogP contribution in [0, 0.1) is 5.92 Å². The molecule has 5 heteroatoms. The van der Waals surface area contributed by atoms with Gasteiger partial charge in [-0.25, -0.2) is 13.4 Å². The number of aromatic nitrogens is 1. The Bertz CT molecular complexity index is 628. The third kappa shape index (κ3) is 3.79. The van der Waals surface area contributed by atoms with Gasteiger partial charge in [0.05, 0.1) is 16.0 Å². The third-order valence-corrected chi connectivity index (χ3v) is 6.82. The van der Waals surface area contributed by atoms with Crippen molar-refractivity contribution in [3.05, 3.63) is 24.3 Å². The molecule has 110 valence electrons. The lowest BCUT2D eigenvalue weighted by Crippen LogP contribution is -2.14. The fraction of sp³-hybridized carbons (Fsp3) is 0.533. The molecule has 0 bridgehead atoms. The molecule has 3 nitrogen and oxygen atoms in total. The Morgan fingerprint density at radius 2 is 2.00 bits per heavy atom. The summed E-state index contributed by atoms with van der Waals surface area (Å²) in [7, 11) is -3.25. The molecular weight excluding hydrogens is 290 g/mol. The standard InChI is InChI=1S/C15H21NO2S2/c1-3-4-5-8-12(2)11-20(17,18)15-16-13-9-6-7-10-14(13)19-15/h6-7,9-10,12H,3-5,8,11H2,1-2H3. The Hall–Kier alpha value is -0.940. The van der Waals surface area contributed by atoms with E-state index >= 15 is 0 Å². The molecule has 0 amide bonds. The van der Waals surface area contributed by atoms with Gasteiger partial charge in [0, 0.05) is 0 Å². The largest absolute Gasteiger partial charge is 0.225 e. The fourth-order valence-electron chi connectivity index (χ4n) is 2.26. The van der Waals surface area contributed by atoms with Crippen LogP contribution >= 0.6 is 11.3 Å². The summed E-state index contributed by atoms with van der Waals surface area (Å²) in [5.74, 6) is 0.398. The van der Waals surface area contributed by atoms with E-state index in [1.54, 1.807) is 0 Å². The van der Waals surface area contributed by atoms with Gasteiger partial charge >= 0.3 is 0 Å². The van der Waals surface area contributed by atoms with E-state index in [-0.39, 0.29) is 16.0 Å². The Labute approximate surface area is 125 Å². The van der Waals surface area contributed by atoms with E-state index in [2.05, 4.69) is 11.9 Å². The van der Waals surface area contributed by atoms with Crippen molar-refractivity contribution in [1.82, 2.24) is 4.98 Å². The highest BCUT2D eigenvalue weighted by Crippen LogP contribution is 2.27. The van der Waals surface area contributed by atoms with Crippen LogP contribution in [-0.4, -0.2) is 19.2 Å². The first-order valence-electron chi connectivity index (χ1n) is 7.11. The number of para-hydroxylation sites is 1. The fourth-order valence-corrected chi connectivity index (χ4v) is 5.23. The lowest BCUT2D eigenvalue weighted by Gasteiger charge is -2.09. The van der Waals surface area contributed by atoms with Gasteiger partial charge in [-0.3, -0.25) is 0 Å². The van der Waals surface area contributed by atoms with Gasteiger partial charge in [0.2, 0.25) is 14.2 Å². The Balaban J connectivity index is 2.09. The number of rotatable bonds is 7. The van der Waals surface area contributed by atoms with Crippen molar-refractivity contribution >= 4 is 31.4 Å². The van der Waals surface area contributed by atoms with Crippen LogP contribution in [0.2, 0.25) is 0 Å². The summed E-state index contributed by atoms with van der Waals surface area (Å²) >= 11 is 1.28. The molecule has 1 heterocycles. The maximum atomic E-state index is 12.4. The first kappa shape index (κ1) is 15.4. The van der Waals surface area contributed by atoms with Crippen LogP contribution in [0.25, 0.3) is 10.2 Å². The van der Waals surface area contributed by atoms with E-state index in [0.29, 0.717) is 0 Å². The zero-order valence-electron chi connectivity index (χ0n) is 12.0. The molecule has 0 aliphatic carbocycles. The number of sulfone groups is 1.